The Morgan fingerprint density at radius 2 is 1.83 bits per heavy atom. The molecule has 0 aromatic heterocycles. The van der Waals surface area contributed by atoms with Gasteiger partial charge in [0.2, 0.25) is 0 Å². The first-order valence-electron chi connectivity index (χ1n) is 10.2. The molecule has 1 saturated heterocycles. The van der Waals surface area contributed by atoms with Crippen LogP contribution in [0.25, 0.3) is 11.1 Å². The van der Waals surface area contributed by atoms with Crippen molar-refractivity contribution in [2.24, 2.45) is 5.92 Å². The van der Waals surface area contributed by atoms with E-state index in [1.807, 2.05) is 30.3 Å². The van der Waals surface area contributed by atoms with Crippen molar-refractivity contribution in [2.45, 2.75) is 18.9 Å². The van der Waals surface area contributed by atoms with Crippen LogP contribution in [0.3, 0.4) is 0 Å². The van der Waals surface area contributed by atoms with Crippen LogP contribution in [-0.2, 0) is 6.54 Å². The van der Waals surface area contributed by atoms with Crippen LogP contribution < -0.4 is 4.74 Å². The van der Waals surface area contributed by atoms with Gasteiger partial charge in [-0.25, -0.2) is 0 Å². The number of hydrogen-bond donors (Lipinski definition) is 0. The molecule has 4 rings (SSSR count). The highest BCUT2D eigenvalue weighted by Gasteiger charge is 2.31. The fraction of sp³-hybridized carbons (Fsp3) is 0.269. The molecule has 29 heavy (non-hydrogen) atoms. The first-order valence-corrected chi connectivity index (χ1v) is 10.2. The Bertz CT molecular complexity index is 993. The fourth-order valence-corrected chi connectivity index (χ4v) is 4.37. The number of rotatable bonds is 6. The van der Waals surface area contributed by atoms with Crippen molar-refractivity contribution >= 4 is 0 Å². The molecule has 1 aliphatic rings. The second kappa shape index (κ2) is 8.94. The molecule has 0 spiro atoms. The van der Waals surface area contributed by atoms with Gasteiger partial charge in [-0.1, -0.05) is 66.7 Å². The molecular weight excluding hydrogens is 356 g/mol. The van der Waals surface area contributed by atoms with Gasteiger partial charge in [0.05, 0.1) is 19.1 Å². The van der Waals surface area contributed by atoms with E-state index in [1.54, 1.807) is 7.11 Å². The minimum Gasteiger partial charge on any atom is -0.497 e. The quantitative estimate of drug-likeness (QED) is 0.565. The number of nitrogens with zero attached hydrogens (tertiary/aromatic N) is 2. The molecule has 3 heteroatoms. The van der Waals surface area contributed by atoms with E-state index >= 15 is 0 Å². The molecule has 2 atom stereocenters. The molecule has 0 aliphatic carbocycles. The summed E-state index contributed by atoms with van der Waals surface area (Å²) in [6.45, 7) is 2.95. The van der Waals surface area contributed by atoms with E-state index in [0.29, 0.717) is 5.92 Å². The van der Waals surface area contributed by atoms with Crippen LogP contribution in [0.5, 0.6) is 5.75 Å². The third-order valence-corrected chi connectivity index (χ3v) is 5.84. The lowest BCUT2D eigenvalue weighted by molar-refractivity contribution is 0.313. The van der Waals surface area contributed by atoms with Crippen LogP contribution in [0.2, 0.25) is 0 Å². The minimum atomic E-state index is -0.113. The van der Waals surface area contributed by atoms with Crippen LogP contribution >= 0.6 is 0 Å². The van der Waals surface area contributed by atoms with Gasteiger partial charge in [0.1, 0.15) is 5.75 Å². The van der Waals surface area contributed by atoms with Gasteiger partial charge in [-0.3, -0.25) is 4.90 Å². The lowest BCUT2D eigenvalue weighted by atomic mass is 9.82. The Balaban J connectivity index is 1.57. The summed E-state index contributed by atoms with van der Waals surface area (Å²) < 4.78 is 5.40. The molecule has 0 bridgehead atoms. The van der Waals surface area contributed by atoms with Crippen molar-refractivity contribution in [1.29, 1.82) is 5.26 Å². The monoisotopic (exact) mass is 382 g/mol. The Hall–Kier alpha value is -3.09. The maximum atomic E-state index is 10.1. The number of methoxy groups -OCH3 is 1. The van der Waals surface area contributed by atoms with Crippen LogP contribution in [0, 0.1) is 17.2 Å². The number of hydrogen-bond acceptors (Lipinski definition) is 3. The van der Waals surface area contributed by atoms with E-state index < -0.39 is 0 Å². The molecule has 3 nitrogen and oxygen atoms in total. The molecule has 1 heterocycles. The van der Waals surface area contributed by atoms with E-state index in [4.69, 9.17) is 4.74 Å². The summed E-state index contributed by atoms with van der Waals surface area (Å²) in [4.78, 5) is 2.47. The predicted molar refractivity (Wildman–Crippen MR) is 117 cm³/mol. The van der Waals surface area contributed by atoms with Gasteiger partial charge in [0.25, 0.3) is 0 Å². The highest BCUT2D eigenvalue weighted by Crippen LogP contribution is 2.38. The molecule has 2 unspecified atom stereocenters. The predicted octanol–water partition coefficient (Wildman–Crippen LogP) is 5.49. The Kier molecular flexibility index (Phi) is 5.93. The molecule has 146 valence electrons. The van der Waals surface area contributed by atoms with E-state index in [2.05, 4.69) is 59.5 Å². The lowest BCUT2D eigenvalue weighted by Crippen LogP contribution is -2.22. The standard InChI is InChI=1S/C26H26N2O/c1-29-23-11-7-10-21(16-23)24-12-5-6-13-25(24)26(17-27)22-14-15-28(19-22)18-20-8-3-2-4-9-20/h2-13,16,22,26H,14-15,18-19H2,1H3. The van der Waals surface area contributed by atoms with Gasteiger partial charge in [-0.15, -0.1) is 0 Å². The van der Waals surface area contributed by atoms with Crippen LogP contribution in [-0.4, -0.2) is 25.1 Å². The zero-order valence-corrected chi connectivity index (χ0v) is 16.8. The summed E-state index contributed by atoms with van der Waals surface area (Å²) in [5.74, 6) is 1.06. The fourth-order valence-electron chi connectivity index (χ4n) is 4.37. The highest BCUT2D eigenvalue weighted by atomic mass is 16.5. The largest absolute Gasteiger partial charge is 0.497 e. The summed E-state index contributed by atoms with van der Waals surface area (Å²) >= 11 is 0. The van der Waals surface area contributed by atoms with Crippen molar-refractivity contribution < 1.29 is 4.74 Å². The van der Waals surface area contributed by atoms with E-state index in [9.17, 15) is 5.26 Å². The first kappa shape index (κ1) is 19.2. The van der Waals surface area contributed by atoms with Crippen molar-refractivity contribution in [1.82, 2.24) is 4.90 Å². The SMILES string of the molecule is COc1cccc(-c2ccccc2C(C#N)C2CCN(Cc3ccccc3)C2)c1. The number of nitriles is 1. The molecule has 1 aliphatic heterocycles. The summed E-state index contributed by atoms with van der Waals surface area (Å²) in [7, 11) is 1.68. The molecule has 1 fully saturated rings. The Morgan fingerprint density at radius 3 is 2.62 bits per heavy atom. The maximum absolute atomic E-state index is 10.1. The normalized spacial score (nSPS) is 17.6. The third kappa shape index (κ3) is 4.34. The molecule has 3 aromatic carbocycles. The van der Waals surface area contributed by atoms with Gasteiger partial charge >= 0.3 is 0 Å². The topological polar surface area (TPSA) is 36.3 Å². The highest BCUT2D eigenvalue weighted by molar-refractivity contribution is 5.70. The van der Waals surface area contributed by atoms with Crippen LogP contribution in [0.4, 0.5) is 0 Å². The second-order valence-corrected chi connectivity index (χ2v) is 7.70. The van der Waals surface area contributed by atoms with E-state index in [1.165, 1.54) is 5.56 Å². The molecular formula is C26H26N2O. The smallest absolute Gasteiger partial charge is 0.119 e. The molecule has 0 saturated carbocycles. The number of ether oxygens (including phenoxy) is 1. The van der Waals surface area contributed by atoms with Gasteiger partial charge in [-0.05, 0) is 53.3 Å². The van der Waals surface area contributed by atoms with E-state index in [0.717, 1.165) is 48.5 Å². The average Bonchev–Trinajstić information content (AvgIpc) is 3.23. The lowest BCUT2D eigenvalue weighted by Gasteiger charge is -2.21. The minimum absolute atomic E-state index is 0.113. The van der Waals surface area contributed by atoms with Crippen molar-refractivity contribution in [3.63, 3.8) is 0 Å². The summed E-state index contributed by atoms with van der Waals surface area (Å²) in [5, 5.41) is 10.1. The van der Waals surface area contributed by atoms with Crippen molar-refractivity contribution in [2.75, 3.05) is 20.2 Å². The molecule has 0 radical (unpaired) electrons. The third-order valence-electron chi connectivity index (χ3n) is 5.84. The van der Waals surface area contributed by atoms with E-state index in [-0.39, 0.29) is 5.92 Å². The van der Waals surface area contributed by atoms with Gasteiger partial charge in [-0.2, -0.15) is 5.26 Å². The van der Waals surface area contributed by atoms with Gasteiger partial charge < -0.3 is 4.74 Å². The zero-order chi connectivity index (χ0) is 20.1. The summed E-state index contributed by atoms with van der Waals surface area (Å²) in [5.41, 5.74) is 4.67. The van der Waals surface area contributed by atoms with Gasteiger partial charge in [0.15, 0.2) is 0 Å². The molecule has 3 aromatic rings. The second-order valence-electron chi connectivity index (χ2n) is 7.70. The average molecular weight is 383 g/mol. The van der Waals surface area contributed by atoms with Crippen LogP contribution in [0.1, 0.15) is 23.5 Å². The van der Waals surface area contributed by atoms with Crippen molar-refractivity contribution in [3.8, 4) is 22.9 Å². The maximum Gasteiger partial charge on any atom is 0.119 e. The first-order chi connectivity index (χ1) is 14.3. The molecule has 0 amide bonds. The Labute approximate surface area is 173 Å². The Morgan fingerprint density at radius 1 is 1.03 bits per heavy atom. The summed E-state index contributed by atoms with van der Waals surface area (Å²) in [6, 6.07) is 29.6. The number of benzene rings is 3. The molecule has 0 N–H and O–H groups in total. The van der Waals surface area contributed by atoms with Crippen LogP contribution in [0.15, 0.2) is 78.9 Å². The van der Waals surface area contributed by atoms with Gasteiger partial charge in [0, 0.05) is 13.1 Å². The summed E-state index contributed by atoms with van der Waals surface area (Å²) in [6.07, 6.45) is 1.05. The number of likely N-dealkylation sites (tertiary alicyclic amines) is 1. The zero-order valence-electron chi connectivity index (χ0n) is 16.8. The van der Waals surface area contributed by atoms with Crippen molar-refractivity contribution in [3.05, 3.63) is 90.0 Å².